The van der Waals surface area contributed by atoms with Crippen molar-refractivity contribution in [1.29, 1.82) is 0 Å². The van der Waals surface area contributed by atoms with Gasteiger partial charge in [0.2, 0.25) is 11.8 Å². The highest BCUT2D eigenvalue weighted by Crippen LogP contribution is 2.26. The van der Waals surface area contributed by atoms with Crippen LogP contribution in [0.25, 0.3) is 0 Å². The summed E-state index contributed by atoms with van der Waals surface area (Å²) in [5.41, 5.74) is -0.267. The van der Waals surface area contributed by atoms with Crippen molar-refractivity contribution < 1.29 is 14.0 Å². The van der Waals surface area contributed by atoms with Crippen molar-refractivity contribution in [2.75, 3.05) is 0 Å². The molecule has 6 heteroatoms. The number of halogens is 2. The van der Waals surface area contributed by atoms with Gasteiger partial charge in [-0.15, -0.1) is 0 Å². The molecule has 2 rings (SSSR count). The fourth-order valence-corrected chi connectivity index (χ4v) is 2.56. The van der Waals surface area contributed by atoms with Gasteiger partial charge in [0.25, 0.3) is 0 Å². The fraction of sp³-hybridized carbons (Fsp3) is 0.467. The minimum absolute atomic E-state index is 0.00579. The topological polar surface area (TPSA) is 49.4 Å². The molecule has 1 aliphatic rings. The summed E-state index contributed by atoms with van der Waals surface area (Å²) in [6.07, 6.45) is 0.529. The normalized spacial score (nSPS) is 21.4. The van der Waals surface area contributed by atoms with Gasteiger partial charge >= 0.3 is 0 Å². The molecule has 0 spiro atoms. The summed E-state index contributed by atoms with van der Waals surface area (Å²) in [5.74, 6) is -0.835. The second kappa shape index (κ2) is 5.64. The molecular formula is C15H18ClFN2O2. The smallest absolute Gasteiger partial charge is 0.246 e. The molecule has 0 radical (unpaired) electrons. The Bertz CT molecular complexity index is 589. The predicted octanol–water partition coefficient (Wildman–Crippen LogP) is 2.49. The van der Waals surface area contributed by atoms with Gasteiger partial charge in [-0.1, -0.05) is 24.6 Å². The third-order valence-corrected chi connectivity index (χ3v) is 4.12. The van der Waals surface area contributed by atoms with Gasteiger partial charge in [0.05, 0.1) is 5.02 Å². The van der Waals surface area contributed by atoms with Crippen molar-refractivity contribution in [1.82, 2.24) is 10.2 Å². The standard InChI is InChI=1S/C15H18ClFN2O2/c1-4-12-13(20)19(15(2,3)14(21)18-12)8-9-5-6-11(17)10(16)7-9/h5-7,12H,4,8H2,1-3H3,(H,18,21). The maximum absolute atomic E-state index is 13.2. The van der Waals surface area contributed by atoms with Crippen LogP contribution < -0.4 is 5.32 Å². The quantitative estimate of drug-likeness (QED) is 0.932. The van der Waals surface area contributed by atoms with Gasteiger partial charge in [0.1, 0.15) is 17.4 Å². The van der Waals surface area contributed by atoms with Gasteiger partial charge in [-0.25, -0.2) is 4.39 Å². The lowest BCUT2D eigenvalue weighted by molar-refractivity contribution is -0.156. The summed E-state index contributed by atoms with van der Waals surface area (Å²) in [7, 11) is 0. The molecule has 1 aromatic rings. The van der Waals surface area contributed by atoms with Gasteiger partial charge in [-0.2, -0.15) is 0 Å². The molecule has 21 heavy (non-hydrogen) atoms. The van der Waals surface area contributed by atoms with Crippen LogP contribution in [0, 0.1) is 5.82 Å². The Morgan fingerprint density at radius 3 is 2.62 bits per heavy atom. The van der Waals surface area contributed by atoms with E-state index in [1.165, 1.54) is 17.0 Å². The Labute approximate surface area is 128 Å². The van der Waals surface area contributed by atoms with Crippen LogP contribution in [0.3, 0.4) is 0 Å². The van der Waals surface area contributed by atoms with E-state index in [0.29, 0.717) is 12.0 Å². The Morgan fingerprint density at radius 2 is 2.05 bits per heavy atom. The van der Waals surface area contributed by atoms with E-state index in [1.807, 2.05) is 6.92 Å². The molecular weight excluding hydrogens is 295 g/mol. The number of hydrogen-bond acceptors (Lipinski definition) is 2. The highest BCUT2D eigenvalue weighted by Gasteiger charge is 2.45. The molecule has 1 saturated heterocycles. The first kappa shape index (κ1) is 15.8. The monoisotopic (exact) mass is 312 g/mol. The summed E-state index contributed by atoms with van der Waals surface area (Å²) in [5, 5.41) is 2.73. The van der Waals surface area contributed by atoms with E-state index in [0.717, 1.165) is 0 Å². The number of rotatable bonds is 3. The first-order valence-electron chi connectivity index (χ1n) is 6.83. The fourth-order valence-electron chi connectivity index (χ4n) is 2.36. The van der Waals surface area contributed by atoms with Crippen molar-refractivity contribution in [3.63, 3.8) is 0 Å². The van der Waals surface area contributed by atoms with Gasteiger partial charge in [0, 0.05) is 6.54 Å². The number of nitrogens with one attached hydrogen (secondary N) is 1. The van der Waals surface area contributed by atoms with Crippen molar-refractivity contribution in [2.45, 2.75) is 45.3 Å². The highest BCUT2D eigenvalue weighted by atomic mass is 35.5. The molecule has 1 fully saturated rings. The zero-order chi connectivity index (χ0) is 15.8. The van der Waals surface area contributed by atoms with Crippen molar-refractivity contribution in [2.24, 2.45) is 0 Å². The van der Waals surface area contributed by atoms with Crippen LogP contribution in [0.15, 0.2) is 18.2 Å². The maximum atomic E-state index is 13.2. The number of nitrogens with zero attached hydrogens (tertiary/aromatic N) is 1. The first-order chi connectivity index (χ1) is 9.77. The minimum atomic E-state index is -0.955. The Morgan fingerprint density at radius 1 is 1.38 bits per heavy atom. The van der Waals surface area contributed by atoms with Crippen LogP contribution >= 0.6 is 11.6 Å². The van der Waals surface area contributed by atoms with E-state index in [4.69, 9.17) is 11.6 Å². The number of benzene rings is 1. The molecule has 0 aromatic heterocycles. The van der Waals surface area contributed by atoms with E-state index in [-0.39, 0.29) is 23.4 Å². The van der Waals surface area contributed by atoms with E-state index < -0.39 is 17.4 Å². The number of hydrogen-bond donors (Lipinski definition) is 1. The third kappa shape index (κ3) is 2.88. The minimum Gasteiger partial charge on any atom is -0.342 e. The number of carbonyl (C=O) groups excluding carboxylic acids is 2. The molecule has 1 N–H and O–H groups in total. The SMILES string of the molecule is CCC1NC(=O)C(C)(C)N(Cc2ccc(F)c(Cl)c2)C1=O. The third-order valence-electron chi connectivity index (χ3n) is 3.83. The zero-order valence-electron chi connectivity index (χ0n) is 12.2. The molecule has 0 aliphatic carbocycles. The molecule has 4 nitrogen and oxygen atoms in total. The molecule has 1 unspecified atom stereocenters. The first-order valence-corrected chi connectivity index (χ1v) is 7.21. The second-order valence-corrected chi connectivity index (χ2v) is 6.07. The van der Waals surface area contributed by atoms with Gasteiger partial charge in [-0.05, 0) is 38.0 Å². The Hall–Kier alpha value is -1.62. The van der Waals surface area contributed by atoms with Crippen molar-refractivity contribution in [3.05, 3.63) is 34.6 Å². The average molecular weight is 313 g/mol. The molecule has 1 aliphatic heterocycles. The van der Waals surface area contributed by atoms with E-state index in [1.54, 1.807) is 19.9 Å². The summed E-state index contributed by atoms with van der Waals surface area (Å²) in [4.78, 5) is 26.2. The van der Waals surface area contributed by atoms with E-state index in [9.17, 15) is 14.0 Å². The molecule has 1 aromatic carbocycles. The number of carbonyl (C=O) groups is 2. The lowest BCUT2D eigenvalue weighted by Crippen LogP contribution is -2.67. The molecule has 114 valence electrons. The van der Waals surface area contributed by atoms with Crippen molar-refractivity contribution in [3.8, 4) is 0 Å². The maximum Gasteiger partial charge on any atom is 0.246 e. The average Bonchev–Trinajstić information content (AvgIpc) is 2.43. The second-order valence-electron chi connectivity index (χ2n) is 5.67. The van der Waals surface area contributed by atoms with Crippen LogP contribution in [-0.4, -0.2) is 28.3 Å². The Kier molecular flexibility index (Phi) is 4.23. The van der Waals surface area contributed by atoms with Crippen LogP contribution in [0.4, 0.5) is 4.39 Å². The van der Waals surface area contributed by atoms with E-state index >= 15 is 0 Å². The lowest BCUT2D eigenvalue weighted by Gasteiger charge is -2.44. The number of piperazine rings is 1. The van der Waals surface area contributed by atoms with Gasteiger partial charge in [-0.3, -0.25) is 9.59 Å². The predicted molar refractivity (Wildman–Crippen MR) is 78.3 cm³/mol. The molecule has 0 saturated carbocycles. The van der Waals surface area contributed by atoms with Crippen LogP contribution in [0.1, 0.15) is 32.8 Å². The molecule has 0 bridgehead atoms. The van der Waals surface area contributed by atoms with Crippen LogP contribution in [0.2, 0.25) is 5.02 Å². The summed E-state index contributed by atoms with van der Waals surface area (Å²) in [6.45, 7) is 5.44. The largest absolute Gasteiger partial charge is 0.342 e. The highest BCUT2D eigenvalue weighted by molar-refractivity contribution is 6.30. The Balaban J connectivity index is 2.31. The number of amides is 2. The van der Waals surface area contributed by atoms with Gasteiger partial charge < -0.3 is 10.2 Å². The summed E-state index contributed by atoms with van der Waals surface area (Å²) < 4.78 is 13.2. The van der Waals surface area contributed by atoms with Crippen molar-refractivity contribution >= 4 is 23.4 Å². The zero-order valence-corrected chi connectivity index (χ0v) is 13.0. The molecule has 1 heterocycles. The van der Waals surface area contributed by atoms with Gasteiger partial charge in [0.15, 0.2) is 0 Å². The summed E-state index contributed by atoms with van der Waals surface area (Å²) in [6, 6.07) is 3.80. The molecule has 2 amide bonds. The van der Waals surface area contributed by atoms with Crippen LogP contribution in [-0.2, 0) is 16.1 Å². The van der Waals surface area contributed by atoms with Crippen LogP contribution in [0.5, 0.6) is 0 Å². The molecule has 1 atom stereocenters. The lowest BCUT2D eigenvalue weighted by atomic mass is 9.94. The van der Waals surface area contributed by atoms with E-state index in [2.05, 4.69) is 5.32 Å². The summed E-state index contributed by atoms with van der Waals surface area (Å²) >= 11 is 5.77.